The van der Waals surface area contributed by atoms with Gasteiger partial charge in [0, 0.05) is 31.7 Å². The predicted molar refractivity (Wildman–Crippen MR) is 83.3 cm³/mol. The minimum atomic E-state index is 0.124. The number of nitrogens with two attached hydrogens (primary N) is 1. The lowest BCUT2D eigenvalue weighted by molar-refractivity contribution is 0.0972. The zero-order chi connectivity index (χ0) is 14.7. The molecule has 1 aromatic rings. The lowest BCUT2D eigenvalue weighted by atomic mass is 9.96. The molecule has 112 valence electrons. The van der Waals surface area contributed by atoms with E-state index < -0.39 is 0 Å². The second-order valence-corrected chi connectivity index (χ2v) is 5.99. The molecule has 1 saturated heterocycles. The standard InChI is InChI=1S/C16H27N3O/c1-12-5-6-16(20-4)13(9-12)10-14(17)15-11-18(2)7-8-19(15)3/h5-6,9,14-15H,7-8,10-11,17H2,1-4H3. The summed E-state index contributed by atoms with van der Waals surface area (Å²) in [6.07, 6.45) is 0.855. The van der Waals surface area contributed by atoms with Crippen molar-refractivity contribution in [2.24, 2.45) is 5.73 Å². The second kappa shape index (κ2) is 6.57. The highest BCUT2D eigenvalue weighted by atomic mass is 16.5. The Hall–Kier alpha value is -1.10. The van der Waals surface area contributed by atoms with E-state index in [0.29, 0.717) is 6.04 Å². The fourth-order valence-electron chi connectivity index (χ4n) is 2.96. The molecule has 0 saturated carbocycles. The van der Waals surface area contributed by atoms with Crippen LogP contribution in [0.25, 0.3) is 0 Å². The highest BCUT2D eigenvalue weighted by molar-refractivity contribution is 5.37. The summed E-state index contributed by atoms with van der Waals surface area (Å²) < 4.78 is 5.46. The molecule has 1 aliphatic rings. The third-order valence-corrected chi connectivity index (χ3v) is 4.29. The number of aryl methyl sites for hydroxylation is 1. The Morgan fingerprint density at radius 2 is 2.10 bits per heavy atom. The summed E-state index contributed by atoms with van der Waals surface area (Å²) in [4.78, 5) is 4.74. The van der Waals surface area contributed by atoms with Crippen LogP contribution in [0.5, 0.6) is 5.75 Å². The average Bonchev–Trinajstić information content (AvgIpc) is 2.41. The van der Waals surface area contributed by atoms with Gasteiger partial charge in [-0.3, -0.25) is 4.90 Å². The molecule has 1 aromatic carbocycles. The zero-order valence-electron chi connectivity index (χ0n) is 13.1. The number of rotatable bonds is 4. The number of benzene rings is 1. The van der Waals surface area contributed by atoms with Gasteiger partial charge in [0.2, 0.25) is 0 Å². The van der Waals surface area contributed by atoms with Crippen LogP contribution >= 0.6 is 0 Å². The number of nitrogens with zero attached hydrogens (tertiary/aromatic N) is 2. The van der Waals surface area contributed by atoms with Crippen molar-refractivity contribution in [3.63, 3.8) is 0 Å². The zero-order valence-corrected chi connectivity index (χ0v) is 13.1. The molecule has 4 nitrogen and oxygen atoms in total. The first-order chi connectivity index (χ1) is 9.51. The van der Waals surface area contributed by atoms with Gasteiger partial charge in [-0.1, -0.05) is 17.7 Å². The summed E-state index contributed by atoms with van der Waals surface area (Å²) in [5.74, 6) is 0.942. The SMILES string of the molecule is COc1ccc(C)cc1CC(N)C1CN(C)CCN1C. The van der Waals surface area contributed by atoms with Crippen LogP contribution in [0, 0.1) is 6.92 Å². The summed E-state index contributed by atoms with van der Waals surface area (Å²) in [6, 6.07) is 6.82. The van der Waals surface area contributed by atoms with Crippen LogP contribution in [0.15, 0.2) is 18.2 Å². The first kappa shape index (κ1) is 15.3. The van der Waals surface area contributed by atoms with Crippen molar-refractivity contribution in [3.8, 4) is 5.75 Å². The molecule has 0 aliphatic carbocycles. The number of methoxy groups -OCH3 is 1. The van der Waals surface area contributed by atoms with Crippen LogP contribution in [-0.4, -0.2) is 62.7 Å². The van der Waals surface area contributed by atoms with Crippen molar-refractivity contribution >= 4 is 0 Å². The van der Waals surface area contributed by atoms with E-state index in [0.717, 1.165) is 31.8 Å². The Morgan fingerprint density at radius 3 is 2.80 bits per heavy atom. The van der Waals surface area contributed by atoms with Gasteiger partial charge in [-0.15, -0.1) is 0 Å². The van der Waals surface area contributed by atoms with Crippen LogP contribution < -0.4 is 10.5 Å². The van der Waals surface area contributed by atoms with Crippen LogP contribution in [0.4, 0.5) is 0 Å². The maximum absolute atomic E-state index is 6.48. The lowest BCUT2D eigenvalue weighted by Crippen LogP contribution is -2.58. The molecule has 1 fully saturated rings. The highest BCUT2D eigenvalue weighted by Gasteiger charge is 2.28. The number of hydrogen-bond acceptors (Lipinski definition) is 4. The summed E-state index contributed by atoms with van der Waals surface area (Å²) in [5, 5.41) is 0. The number of likely N-dealkylation sites (N-methyl/N-ethyl adjacent to an activating group) is 2. The second-order valence-electron chi connectivity index (χ2n) is 5.99. The van der Waals surface area contributed by atoms with Crippen molar-refractivity contribution in [2.45, 2.75) is 25.4 Å². The van der Waals surface area contributed by atoms with Crippen molar-refractivity contribution in [1.29, 1.82) is 0 Å². The molecule has 4 heteroatoms. The molecule has 0 radical (unpaired) electrons. The largest absolute Gasteiger partial charge is 0.496 e. The Balaban J connectivity index is 2.10. The maximum atomic E-state index is 6.48. The lowest BCUT2D eigenvalue weighted by Gasteiger charge is -2.40. The van der Waals surface area contributed by atoms with Crippen molar-refractivity contribution in [1.82, 2.24) is 9.80 Å². The summed E-state index contributed by atoms with van der Waals surface area (Å²) in [5.41, 5.74) is 8.94. The average molecular weight is 277 g/mol. The van der Waals surface area contributed by atoms with Crippen LogP contribution in [0.3, 0.4) is 0 Å². The molecular formula is C16H27N3O. The van der Waals surface area contributed by atoms with Crippen LogP contribution in [0.1, 0.15) is 11.1 Å². The molecule has 0 amide bonds. The van der Waals surface area contributed by atoms with Gasteiger partial charge in [0.05, 0.1) is 7.11 Å². The summed E-state index contributed by atoms with van der Waals surface area (Å²) in [7, 11) is 6.06. The number of piperazine rings is 1. The Labute approximate surface area is 122 Å². The minimum absolute atomic E-state index is 0.124. The van der Waals surface area contributed by atoms with E-state index in [9.17, 15) is 0 Å². The molecular weight excluding hydrogens is 250 g/mol. The van der Waals surface area contributed by atoms with Gasteiger partial charge in [-0.25, -0.2) is 0 Å². The number of ether oxygens (including phenoxy) is 1. The molecule has 1 aliphatic heterocycles. The van der Waals surface area contributed by atoms with E-state index in [4.69, 9.17) is 10.5 Å². The van der Waals surface area contributed by atoms with Crippen molar-refractivity contribution in [2.75, 3.05) is 40.8 Å². The van der Waals surface area contributed by atoms with E-state index in [2.05, 4.69) is 43.0 Å². The van der Waals surface area contributed by atoms with E-state index in [1.54, 1.807) is 7.11 Å². The van der Waals surface area contributed by atoms with Gasteiger partial charge in [-0.2, -0.15) is 0 Å². The van der Waals surface area contributed by atoms with Crippen molar-refractivity contribution < 1.29 is 4.74 Å². The molecule has 0 bridgehead atoms. The highest BCUT2D eigenvalue weighted by Crippen LogP contribution is 2.22. The van der Waals surface area contributed by atoms with Crippen LogP contribution in [0.2, 0.25) is 0 Å². The van der Waals surface area contributed by atoms with E-state index in [1.165, 1.54) is 11.1 Å². The van der Waals surface area contributed by atoms with E-state index >= 15 is 0 Å². The molecule has 0 aromatic heterocycles. The van der Waals surface area contributed by atoms with Crippen LogP contribution in [-0.2, 0) is 6.42 Å². The smallest absolute Gasteiger partial charge is 0.122 e. The molecule has 2 rings (SSSR count). The molecule has 0 spiro atoms. The fourth-order valence-corrected chi connectivity index (χ4v) is 2.96. The number of hydrogen-bond donors (Lipinski definition) is 1. The van der Waals surface area contributed by atoms with E-state index in [1.807, 2.05) is 6.07 Å². The molecule has 20 heavy (non-hydrogen) atoms. The molecule has 2 N–H and O–H groups in total. The topological polar surface area (TPSA) is 41.7 Å². The Bertz CT molecular complexity index is 449. The predicted octanol–water partition coefficient (Wildman–Crippen LogP) is 1.12. The van der Waals surface area contributed by atoms with Gasteiger partial charge >= 0.3 is 0 Å². The first-order valence-electron chi connectivity index (χ1n) is 7.29. The quantitative estimate of drug-likeness (QED) is 0.895. The molecule has 2 unspecified atom stereocenters. The van der Waals surface area contributed by atoms with Gasteiger partial charge in [0.25, 0.3) is 0 Å². The van der Waals surface area contributed by atoms with Crippen molar-refractivity contribution in [3.05, 3.63) is 29.3 Å². The Kier molecular flexibility index (Phi) is 5.02. The van der Waals surface area contributed by atoms with E-state index in [-0.39, 0.29) is 6.04 Å². The third kappa shape index (κ3) is 3.51. The molecule has 1 heterocycles. The van der Waals surface area contributed by atoms with Gasteiger partial charge < -0.3 is 15.4 Å². The molecule has 2 atom stereocenters. The fraction of sp³-hybridized carbons (Fsp3) is 0.625. The summed E-state index contributed by atoms with van der Waals surface area (Å²) >= 11 is 0. The summed E-state index contributed by atoms with van der Waals surface area (Å²) in [6.45, 7) is 5.34. The van der Waals surface area contributed by atoms with Gasteiger partial charge in [0.15, 0.2) is 0 Å². The Morgan fingerprint density at radius 1 is 1.35 bits per heavy atom. The van der Waals surface area contributed by atoms with Gasteiger partial charge in [0.1, 0.15) is 5.75 Å². The van der Waals surface area contributed by atoms with Gasteiger partial charge in [-0.05, 0) is 39.1 Å². The third-order valence-electron chi connectivity index (χ3n) is 4.29. The normalized spacial score (nSPS) is 22.8. The maximum Gasteiger partial charge on any atom is 0.122 e. The first-order valence-corrected chi connectivity index (χ1v) is 7.29. The minimum Gasteiger partial charge on any atom is -0.496 e. The monoisotopic (exact) mass is 277 g/mol.